The molecule has 0 radical (unpaired) electrons. The minimum Gasteiger partial charge on any atom is -0.489 e. The number of nitrogens with one attached hydrogen (secondary N) is 1. The number of anilines is 1. The molecule has 5 nitrogen and oxygen atoms in total. The zero-order valence-electron chi connectivity index (χ0n) is 19.2. The van der Waals surface area contributed by atoms with Crippen LogP contribution in [0.2, 0.25) is 0 Å². The van der Waals surface area contributed by atoms with E-state index in [0.717, 1.165) is 27.1 Å². The molecular weight excluding hydrogens is 481 g/mol. The summed E-state index contributed by atoms with van der Waals surface area (Å²) < 4.78 is 74.8. The fourth-order valence-corrected chi connectivity index (χ4v) is 3.58. The Kier molecular flexibility index (Phi) is 7.05. The van der Waals surface area contributed by atoms with Crippen LogP contribution in [0.3, 0.4) is 0 Å². The van der Waals surface area contributed by atoms with Crippen LogP contribution in [0.25, 0.3) is 0 Å². The van der Waals surface area contributed by atoms with Crippen molar-refractivity contribution >= 4 is 11.7 Å². The lowest BCUT2D eigenvalue weighted by Crippen LogP contribution is -2.14. The van der Waals surface area contributed by atoms with Crippen LogP contribution in [0.4, 0.5) is 27.8 Å². The van der Waals surface area contributed by atoms with Gasteiger partial charge in [0.15, 0.2) is 29.1 Å². The Morgan fingerprint density at radius 1 is 0.917 bits per heavy atom. The van der Waals surface area contributed by atoms with Crippen molar-refractivity contribution in [3.63, 3.8) is 0 Å². The lowest BCUT2D eigenvalue weighted by molar-refractivity contribution is 0.102. The number of aryl methyl sites for hydroxylation is 2. The molecule has 1 amide bonds. The molecule has 3 aromatic carbocycles. The summed E-state index contributed by atoms with van der Waals surface area (Å²) in [5.74, 6) is -9.93. The summed E-state index contributed by atoms with van der Waals surface area (Å²) in [6, 6.07) is 13.9. The van der Waals surface area contributed by atoms with Crippen molar-refractivity contribution in [1.82, 2.24) is 9.78 Å². The number of rotatable bonds is 7. The molecule has 36 heavy (non-hydrogen) atoms. The predicted molar refractivity (Wildman–Crippen MR) is 122 cm³/mol. The maximum atomic E-state index is 13.9. The fraction of sp³-hybridized carbons (Fsp3) is 0.154. The molecule has 1 aromatic heterocycles. The van der Waals surface area contributed by atoms with E-state index in [1.54, 1.807) is 24.3 Å². The van der Waals surface area contributed by atoms with E-state index < -0.39 is 47.1 Å². The highest BCUT2D eigenvalue weighted by Crippen LogP contribution is 2.24. The molecule has 4 aromatic rings. The van der Waals surface area contributed by atoms with Gasteiger partial charge in [-0.05, 0) is 43.2 Å². The Labute approximate surface area is 203 Å². The van der Waals surface area contributed by atoms with E-state index >= 15 is 0 Å². The summed E-state index contributed by atoms with van der Waals surface area (Å²) in [6.07, 6.45) is 1.24. The Bertz CT molecular complexity index is 1420. The van der Waals surface area contributed by atoms with Crippen molar-refractivity contribution in [3.8, 4) is 5.75 Å². The molecule has 1 N–H and O–H groups in total. The van der Waals surface area contributed by atoms with Crippen LogP contribution in [-0.2, 0) is 13.2 Å². The summed E-state index contributed by atoms with van der Waals surface area (Å²) in [7, 11) is 0. The zero-order chi connectivity index (χ0) is 26.0. The maximum Gasteiger partial charge on any atom is 0.256 e. The lowest BCUT2D eigenvalue weighted by Gasteiger charge is -2.11. The van der Waals surface area contributed by atoms with Gasteiger partial charge in [0, 0.05) is 17.8 Å². The van der Waals surface area contributed by atoms with Crippen LogP contribution < -0.4 is 10.1 Å². The Hall–Kier alpha value is -4.21. The van der Waals surface area contributed by atoms with E-state index in [1.165, 1.54) is 12.3 Å². The summed E-state index contributed by atoms with van der Waals surface area (Å²) in [6.45, 7) is 3.44. The van der Waals surface area contributed by atoms with Crippen molar-refractivity contribution in [2.75, 3.05) is 5.32 Å². The largest absolute Gasteiger partial charge is 0.489 e. The van der Waals surface area contributed by atoms with Gasteiger partial charge in [0.05, 0.1) is 12.1 Å². The van der Waals surface area contributed by atoms with E-state index in [4.69, 9.17) is 4.74 Å². The molecule has 0 spiro atoms. The Morgan fingerprint density at radius 2 is 1.61 bits per heavy atom. The van der Waals surface area contributed by atoms with Crippen molar-refractivity contribution in [2.45, 2.75) is 27.0 Å². The fourth-order valence-electron chi connectivity index (χ4n) is 3.58. The van der Waals surface area contributed by atoms with Crippen LogP contribution in [0.5, 0.6) is 5.75 Å². The van der Waals surface area contributed by atoms with Crippen molar-refractivity contribution in [1.29, 1.82) is 0 Å². The van der Waals surface area contributed by atoms with Gasteiger partial charge in [-0.3, -0.25) is 9.48 Å². The second-order valence-electron chi connectivity index (χ2n) is 8.16. The summed E-state index contributed by atoms with van der Waals surface area (Å²) >= 11 is 0. The first kappa shape index (κ1) is 24.9. The van der Waals surface area contributed by atoms with Gasteiger partial charge in [-0.1, -0.05) is 29.8 Å². The maximum absolute atomic E-state index is 13.9. The van der Waals surface area contributed by atoms with Gasteiger partial charge in [-0.25, -0.2) is 22.0 Å². The van der Waals surface area contributed by atoms with Crippen LogP contribution >= 0.6 is 0 Å². The third kappa shape index (κ3) is 5.22. The van der Waals surface area contributed by atoms with E-state index in [0.29, 0.717) is 5.56 Å². The number of carbonyl (C=O) groups is 1. The highest BCUT2D eigenvalue weighted by Gasteiger charge is 2.26. The lowest BCUT2D eigenvalue weighted by atomic mass is 10.1. The second-order valence-corrected chi connectivity index (χ2v) is 8.16. The molecule has 0 aliphatic rings. The first-order valence-electron chi connectivity index (χ1n) is 10.8. The molecule has 4 rings (SSSR count). The number of aromatic nitrogens is 2. The number of hydrogen-bond acceptors (Lipinski definition) is 3. The Morgan fingerprint density at radius 3 is 2.31 bits per heavy atom. The molecule has 0 atom stereocenters. The quantitative estimate of drug-likeness (QED) is 0.190. The number of amides is 1. The SMILES string of the molecule is Cc1ccc(OCc2cccc(C(=O)Nc3ccn(Cc4c(F)c(F)c(F)c(F)c4F)n3)c2)c(C)c1. The summed E-state index contributed by atoms with van der Waals surface area (Å²) in [4.78, 5) is 12.7. The number of halogens is 5. The molecule has 1 heterocycles. The summed E-state index contributed by atoms with van der Waals surface area (Å²) in [5.41, 5.74) is 2.13. The van der Waals surface area contributed by atoms with Crippen molar-refractivity contribution in [2.24, 2.45) is 0 Å². The molecule has 0 unspecified atom stereocenters. The number of carbonyl (C=O) groups excluding carboxylic acids is 1. The predicted octanol–water partition coefficient (Wildman–Crippen LogP) is 6.08. The average molecular weight is 501 g/mol. The minimum absolute atomic E-state index is 0.0285. The molecule has 0 fully saturated rings. The number of hydrogen-bond donors (Lipinski definition) is 1. The minimum atomic E-state index is -2.23. The number of ether oxygens (including phenoxy) is 1. The third-order valence-corrected chi connectivity index (χ3v) is 5.42. The van der Waals surface area contributed by atoms with E-state index in [9.17, 15) is 26.7 Å². The number of benzene rings is 3. The standard InChI is InChI=1S/C26H20F5N3O2/c1-14-6-7-19(15(2)10-14)36-13-16-4-3-5-17(11-16)26(35)32-20-8-9-34(33-20)12-18-21(27)23(29)25(31)24(30)22(18)28/h3-11H,12-13H2,1-2H3,(H,32,33,35). The van der Waals surface area contributed by atoms with Gasteiger partial charge in [-0.2, -0.15) is 5.10 Å². The van der Waals surface area contributed by atoms with E-state index in [2.05, 4.69) is 10.4 Å². The average Bonchev–Trinajstić information content (AvgIpc) is 3.30. The van der Waals surface area contributed by atoms with E-state index in [-0.39, 0.29) is 12.4 Å². The van der Waals surface area contributed by atoms with Crippen LogP contribution in [0.1, 0.15) is 32.6 Å². The van der Waals surface area contributed by atoms with Gasteiger partial charge >= 0.3 is 0 Å². The topological polar surface area (TPSA) is 56.1 Å². The third-order valence-electron chi connectivity index (χ3n) is 5.42. The second kappa shape index (κ2) is 10.2. The highest BCUT2D eigenvalue weighted by molar-refractivity contribution is 6.03. The van der Waals surface area contributed by atoms with Crippen LogP contribution in [0, 0.1) is 42.9 Å². The number of nitrogens with zero attached hydrogens (tertiary/aromatic N) is 2. The molecule has 0 saturated heterocycles. The smallest absolute Gasteiger partial charge is 0.256 e. The Balaban J connectivity index is 1.43. The van der Waals surface area contributed by atoms with Gasteiger partial charge < -0.3 is 10.1 Å². The summed E-state index contributed by atoms with van der Waals surface area (Å²) in [5, 5.41) is 6.47. The zero-order valence-corrected chi connectivity index (χ0v) is 19.2. The van der Waals surface area contributed by atoms with Gasteiger partial charge in [-0.15, -0.1) is 0 Å². The van der Waals surface area contributed by atoms with Crippen LogP contribution in [0.15, 0.2) is 54.7 Å². The molecule has 0 aliphatic heterocycles. The first-order chi connectivity index (χ1) is 17.1. The highest BCUT2D eigenvalue weighted by atomic mass is 19.2. The molecule has 0 saturated carbocycles. The molecule has 10 heteroatoms. The molecular formula is C26H20F5N3O2. The van der Waals surface area contributed by atoms with Crippen LogP contribution in [-0.4, -0.2) is 15.7 Å². The monoisotopic (exact) mass is 501 g/mol. The van der Waals surface area contributed by atoms with Gasteiger partial charge in [0.25, 0.3) is 5.91 Å². The van der Waals surface area contributed by atoms with E-state index in [1.807, 2.05) is 32.0 Å². The normalized spacial score (nSPS) is 11.0. The molecule has 0 aliphatic carbocycles. The molecule has 186 valence electrons. The van der Waals surface area contributed by atoms with Crippen molar-refractivity contribution < 1.29 is 31.5 Å². The van der Waals surface area contributed by atoms with Crippen molar-refractivity contribution in [3.05, 3.63) is 112 Å². The van der Waals surface area contributed by atoms with Gasteiger partial charge in [0.2, 0.25) is 5.82 Å². The first-order valence-corrected chi connectivity index (χ1v) is 10.8. The molecule has 0 bridgehead atoms. The van der Waals surface area contributed by atoms with Gasteiger partial charge in [0.1, 0.15) is 12.4 Å².